The summed E-state index contributed by atoms with van der Waals surface area (Å²) >= 11 is 5.74. The second kappa shape index (κ2) is 7.94. The van der Waals surface area contributed by atoms with Crippen LogP contribution in [0.5, 0.6) is 11.5 Å². The molecule has 1 heterocycles. The van der Waals surface area contributed by atoms with Gasteiger partial charge in [0.05, 0.1) is 4.90 Å². The molecule has 2 N–H and O–H groups in total. The number of fused-ring (bicyclic) bond motifs is 1. The van der Waals surface area contributed by atoms with Crippen molar-refractivity contribution in [2.75, 3.05) is 25.1 Å². The van der Waals surface area contributed by atoms with Gasteiger partial charge in [0, 0.05) is 29.7 Å². The highest BCUT2D eigenvalue weighted by Gasteiger charge is 2.15. The maximum absolute atomic E-state index is 12.1. The number of ether oxygens (including phenoxy) is 2. The van der Waals surface area contributed by atoms with Crippen LogP contribution in [0.15, 0.2) is 47.4 Å². The molecule has 1 aliphatic heterocycles. The number of benzene rings is 2. The van der Waals surface area contributed by atoms with Crippen molar-refractivity contribution in [1.82, 2.24) is 4.72 Å². The van der Waals surface area contributed by atoms with E-state index in [2.05, 4.69) is 10.0 Å². The highest BCUT2D eigenvalue weighted by molar-refractivity contribution is 7.89. The van der Waals surface area contributed by atoms with E-state index >= 15 is 0 Å². The van der Waals surface area contributed by atoms with Gasteiger partial charge in [0.1, 0.15) is 13.2 Å². The Morgan fingerprint density at radius 3 is 2.46 bits per heavy atom. The van der Waals surface area contributed by atoms with Crippen molar-refractivity contribution in [3.63, 3.8) is 0 Å². The molecule has 2 aromatic carbocycles. The van der Waals surface area contributed by atoms with E-state index in [0.717, 1.165) is 0 Å². The number of anilines is 1. The van der Waals surface area contributed by atoms with E-state index in [4.69, 9.17) is 21.1 Å². The molecule has 0 aromatic heterocycles. The third-order valence-corrected chi connectivity index (χ3v) is 5.32. The second-order valence-electron chi connectivity index (χ2n) is 5.51. The molecule has 26 heavy (non-hydrogen) atoms. The van der Waals surface area contributed by atoms with Crippen molar-refractivity contribution in [2.45, 2.75) is 11.3 Å². The lowest BCUT2D eigenvalue weighted by atomic mass is 10.2. The quantitative estimate of drug-likeness (QED) is 0.782. The Labute approximate surface area is 156 Å². The molecular weight excluding hydrogens is 380 g/mol. The van der Waals surface area contributed by atoms with Gasteiger partial charge in [-0.3, -0.25) is 4.79 Å². The molecule has 1 amide bonds. The maximum Gasteiger partial charge on any atom is 0.240 e. The number of nitrogens with one attached hydrogen (secondary N) is 2. The van der Waals surface area contributed by atoms with Crippen LogP contribution in [0.25, 0.3) is 0 Å². The third kappa shape index (κ3) is 4.66. The van der Waals surface area contributed by atoms with E-state index in [9.17, 15) is 13.2 Å². The van der Waals surface area contributed by atoms with Gasteiger partial charge in [-0.2, -0.15) is 0 Å². The second-order valence-corrected chi connectivity index (χ2v) is 7.71. The fraction of sp³-hybridized carbons (Fsp3) is 0.235. The van der Waals surface area contributed by atoms with Crippen molar-refractivity contribution < 1.29 is 22.7 Å². The van der Waals surface area contributed by atoms with Gasteiger partial charge in [0.2, 0.25) is 15.9 Å². The third-order valence-electron chi connectivity index (χ3n) is 3.59. The highest BCUT2D eigenvalue weighted by Crippen LogP contribution is 2.32. The van der Waals surface area contributed by atoms with Crippen molar-refractivity contribution in [3.05, 3.63) is 47.5 Å². The number of carbonyl (C=O) groups excluding carboxylic acids is 1. The number of halogens is 1. The lowest BCUT2D eigenvalue weighted by molar-refractivity contribution is -0.116. The van der Waals surface area contributed by atoms with Crippen LogP contribution in [-0.4, -0.2) is 34.1 Å². The van der Waals surface area contributed by atoms with Gasteiger partial charge in [-0.05, 0) is 36.4 Å². The zero-order valence-corrected chi connectivity index (χ0v) is 15.3. The van der Waals surface area contributed by atoms with Gasteiger partial charge >= 0.3 is 0 Å². The lowest BCUT2D eigenvalue weighted by Crippen LogP contribution is -2.27. The number of hydrogen-bond donors (Lipinski definition) is 2. The molecule has 2 aromatic rings. The molecular formula is C17H17ClN2O5S. The van der Waals surface area contributed by atoms with Crippen molar-refractivity contribution in [1.29, 1.82) is 0 Å². The van der Waals surface area contributed by atoms with Crippen LogP contribution in [-0.2, 0) is 14.8 Å². The number of sulfonamides is 1. The molecule has 0 bridgehead atoms. The molecule has 138 valence electrons. The molecule has 1 aliphatic rings. The summed E-state index contributed by atoms with van der Waals surface area (Å²) in [6.07, 6.45) is -0.0126. The first-order chi connectivity index (χ1) is 12.4. The Hall–Kier alpha value is -2.29. The first-order valence-corrected chi connectivity index (χ1v) is 9.75. The van der Waals surface area contributed by atoms with E-state index in [1.807, 2.05) is 0 Å². The summed E-state index contributed by atoms with van der Waals surface area (Å²) in [6.45, 7) is 0.921. The minimum Gasteiger partial charge on any atom is -0.486 e. The van der Waals surface area contributed by atoms with Gasteiger partial charge in [-0.25, -0.2) is 13.1 Å². The smallest absolute Gasteiger partial charge is 0.240 e. The Bertz CT molecular complexity index is 900. The molecule has 0 saturated carbocycles. The molecule has 0 saturated heterocycles. The zero-order chi connectivity index (χ0) is 18.6. The predicted molar refractivity (Wildman–Crippen MR) is 97.3 cm³/mol. The van der Waals surface area contributed by atoms with Crippen LogP contribution in [0, 0.1) is 0 Å². The van der Waals surface area contributed by atoms with Gasteiger partial charge < -0.3 is 14.8 Å². The Morgan fingerprint density at radius 2 is 1.73 bits per heavy atom. The molecule has 9 heteroatoms. The molecule has 0 unspecified atom stereocenters. The number of amides is 1. The summed E-state index contributed by atoms with van der Waals surface area (Å²) in [4.78, 5) is 12.1. The maximum atomic E-state index is 12.1. The normalized spacial score (nSPS) is 13.3. The van der Waals surface area contributed by atoms with E-state index in [0.29, 0.717) is 35.4 Å². The fourth-order valence-corrected chi connectivity index (χ4v) is 3.50. The monoisotopic (exact) mass is 396 g/mol. The van der Waals surface area contributed by atoms with E-state index in [1.165, 1.54) is 24.3 Å². The van der Waals surface area contributed by atoms with Crippen LogP contribution < -0.4 is 19.5 Å². The van der Waals surface area contributed by atoms with Gasteiger partial charge in [-0.15, -0.1) is 0 Å². The minimum absolute atomic E-state index is 0.0126. The Balaban J connectivity index is 1.52. The average Bonchev–Trinajstić information content (AvgIpc) is 2.62. The Morgan fingerprint density at radius 1 is 1.04 bits per heavy atom. The first-order valence-electron chi connectivity index (χ1n) is 7.89. The van der Waals surface area contributed by atoms with Crippen molar-refractivity contribution in [3.8, 4) is 11.5 Å². The summed E-state index contributed by atoms with van der Waals surface area (Å²) in [5.41, 5.74) is 0.555. The fourth-order valence-electron chi connectivity index (χ4n) is 2.34. The van der Waals surface area contributed by atoms with Gasteiger partial charge in [0.25, 0.3) is 0 Å². The topological polar surface area (TPSA) is 93.7 Å². The largest absolute Gasteiger partial charge is 0.486 e. The van der Waals surface area contributed by atoms with Crippen molar-refractivity contribution in [2.24, 2.45) is 0 Å². The molecule has 0 atom stereocenters. The molecule has 7 nitrogen and oxygen atoms in total. The predicted octanol–water partition coefficient (Wildman–Crippen LogP) is 2.42. The summed E-state index contributed by atoms with van der Waals surface area (Å²) in [7, 11) is -3.68. The minimum atomic E-state index is -3.68. The molecule has 0 spiro atoms. The lowest BCUT2D eigenvalue weighted by Gasteiger charge is -2.19. The number of carbonyl (C=O) groups is 1. The molecule has 0 aliphatic carbocycles. The van der Waals surface area contributed by atoms with Crippen LogP contribution in [0.4, 0.5) is 5.69 Å². The van der Waals surface area contributed by atoms with Gasteiger partial charge in [-0.1, -0.05) is 11.6 Å². The summed E-state index contributed by atoms with van der Waals surface area (Å²) in [5.74, 6) is 0.878. The SMILES string of the molecule is O=C(CCNS(=O)(=O)c1ccc(Cl)cc1)Nc1ccc2c(c1)OCCO2. The average molecular weight is 397 g/mol. The highest BCUT2D eigenvalue weighted by atomic mass is 35.5. The van der Waals surface area contributed by atoms with Crippen LogP contribution in [0.1, 0.15) is 6.42 Å². The van der Waals surface area contributed by atoms with E-state index in [1.54, 1.807) is 18.2 Å². The standard InChI is InChI=1S/C17H17ClN2O5S/c18-12-1-4-14(5-2-12)26(22,23)19-8-7-17(21)20-13-3-6-15-16(11-13)25-10-9-24-15/h1-6,11,19H,7-10H2,(H,20,21). The summed E-state index contributed by atoms with van der Waals surface area (Å²) in [5, 5.41) is 3.15. The van der Waals surface area contributed by atoms with Crippen LogP contribution in [0.3, 0.4) is 0 Å². The molecule has 3 rings (SSSR count). The van der Waals surface area contributed by atoms with Crippen LogP contribution >= 0.6 is 11.6 Å². The first kappa shape index (κ1) is 18.5. The Kier molecular flexibility index (Phi) is 5.65. The van der Waals surface area contributed by atoms with E-state index in [-0.39, 0.29) is 23.8 Å². The molecule has 0 fully saturated rings. The summed E-state index contributed by atoms with van der Waals surface area (Å²) < 4.78 is 37.5. The number of hydrogen-bond acceptors (Lipinski definition) is 5. The number of rotatable bonds is 6. The van der Waals surface area contributed by atoms with Crippen LogP contribution in [0.2, 0.25) is 5.02 Å². The molecule has 0 radical (unpaired) electrons. The van der Waals surface area contributed by atoms with E-state index < -0.39 is 10.0 Å². The van der Waals surface area contributed by atoms with Crippen molar-refractivity contribution >= 4 is 33.2 Å². The van der Waals surface area contributed by atoms with Gasteiger partial charge in [0.15, 0.2) is 11.5 Å². The zero-order valence-electron chi connectivity index (χ0n) is 13.7. The summed E-state index contributed by atoms with van der Waals surface area (Å²) in [6, 6.07) is 10.9.